The number of likely N-dealkylation sites (N-methyl/N-ethyl adjacent to an activating group) is 1. The molecular weight excluding hydrogens is 378 g/mol. The van der Waals surface area contributed by atoms with Crippen molar-refractivity contribution in [1.82, 2.24) is 4.90 Å². The van der Waals surface area contributed by atoms with E-state index in [9.17, 15) is 14.4 Å². The minimum absolute atomic E-state index is 0.137. The number of hydrogen-bond donors (Lipinski definition) is 2. The predicted octanol–water partition coefficient (Wildman–Crippen LogP) is 3.96. The van der Waals surface area contributed by atoms with Gasteiger partial charge in [-0.3, -0.25) is 14.4 Å². The van der Waals surface area contributed by atoms with E-state index in [0.717, 1.165) is 5.56 Å². The third-order valence-electron chi connectivity index (χ3n) is 4.47. The first-order valence-corrected chi connectivity index (χ1v) is 9.51. The second-order valence-corrected chi connectivity index (χ2v) is 6.94. The highest BCUT2D eigenvalue weighted by Gasteiger charge is 2.17. The van der Waals surface area contributed by atoms with E-state index in [2.05, 4.69) is 10.6 Å². The van der Waals surface area contributed by atoms with Crippen LogP contribution in [0.2, 0.25) is 0 Å². The summed E-state index contributed by atoms with van der Waals surface area (Å²) in [6.07, 6.45) is 0. The second-order valence-electron chi connectivity index (χ2n) is 6.94. The van der Waals surface area contributed by atoms with E-state index in [1.807, 2.05) is 31.2 Å². The standard InChI is InChI=1S/C24H23N3O3/c1-17-9-8-12-19(15-17)25-23(29)20-13-6-7-14-21(20)26-22(28)16-27(2)24(30)18-10-4-3-5-11-18/h3-15H,16H2,1-2H3,(H,25,29)(H,26,28). The quantitative estimate of drug-likeness (QED) is 0.656. The van der Waals surface area contributed by atoms with E-state index in [-0.39, 0.29) is 18.4 Å². The molecule has 0 aliphatic rings. The average Bonchev–Trinajstić information content (AvgIpc) is 2.74. The Morgan fingerprint density at radius 2 is 1.53 bits per heavy atom. The Bertz CT molecular complexity index is 1060. The van der Waals surface area contributed by atoms with Gasteiger partial charge >= 0.3 is 0 Å². The van der Waals surface area contributed by atoms with Crippen LogP contribution in [-0.4, -0.2) is 36.2 Å². The molecule has 3 aromatic carbocycles. The minimum Gasteiger partial charge on any atom is -0.332 e. The fraction of sp³-hybridized carbons (Fsp3) is 0.125. The van der Waals surface area contributed by atoms with Gasteiger partial charge in [0.05, 0.1) is 17.8 Å². The first-order chi connectivity index (χ1) is 14.4. The third-order valence-corrected chi connectivity index (χ3v) is 4.47. The summed E-state index contributed by atoms with van der Waals surface area (Å²) in [5.41, 5.74) is 2.93. The highest BCUT2D eigenvalue weighted by molar-refractivity contribution is 6.10. The van der Waals surface area contributed by atoms with Crippen LogP contribution in [-0.2, 0) is 4.79 Å². The van der Waals surface area contributed by atoms with Crippen LogP contribution in [0, 0.1) is 6.92 Å². The van der Waals surface area contributed by atoms with Gasteiger partial charge in [0.1, 0.15) is 0 Å². The molecule has 30 heavy (non-hydrogen) atoms. The van der Waals surface area contributed by atoms with Crippen molar-refractivity contribution < 1.29 is 14.4 Å². The molecular formula is C24H23N3O3. The smallest absolute Gasteiger partial charge is 0.257 e. The summed E-state index contributed by atoms with van der Waals surface area (Å²) in [5.74, 6) is -0.973. The Morgan fingerprint density at radius 1 is 0.833 bits per heavy atom. The number of nitrogens with one attached hydrogen (secondary N) is 2. The first-order valence-electron chi connectivity index (χ1n) is 9.51. The monoisotopic (exact) mass is 401 g/mol. The topological polar surface area (TPSA) is 78.5 Å². The molecule has 6 nitrogen and oxygen atoms in total. The van der Waals surface area contributed by atoms with Crippen molar-refractivity contribution in [3.63, 3.8) is 0 Å². The fourth-order valence-electron chi connectivity index (χ4n) is 2.99. The lowest BCUT2D eigenvalue weighted by molar-refractivity contribution is -0.116. The normalized spacial score (nSPS) is 10.2. The molecule has 3 rings (SSSR count). The number of nitrogens with zero attached hydrogens (tertiary/aromatic N) is 1. The molecule has 0 unspecified atom stereocenters. The van der Waals surface area contributed by atoms with Gasteiger partial charge < -0.3 is 15.5 Å². The van der Waals surface area contributed by atoms with Gasteiger partial charge in [0.2, 0.25) is 5.91 Å². The average molecular weight is 401 g/mol. The zero-order chi connectivity index (χ0) is 21.5. The number of carbonyl (C=O) groups excluding carboxylic acids is 3. The summed E-state index contributed by atoms with van der Waals surface area (Å²) < 4.78 is 0. The molecule has 0 saturated heterocycles. The summed E-state index contributed by atoms with van der Waals surface area (Å²) in [5, 5.41) is 5.57. The number of amides is 3. The van der Waals surface area contributed by atoms with Gasteiger partial charge in [-0.1, -0.05) is 42.5 Å². The molecule has 6 heteroatoms. The zero-order valence-electron chi connectivity index (χ0n) is 16.9. The summed E-state index contributed by atoms with van der Waals surface area (Å²) >= 11 is 0. The van der Waals surface area contributed by atoms with Gasteiger partial charge in [0.25, 0.3) is 11.8 Å². The van der Waals surface area contributed by atoms with Gasteiger partial charge in [-0.2, -0.15) is 0 Å². The number of hydrogen-bond acceptors (Lipinski definition) is 3. The number of benzene rings is 3. The number of aryl methyl sites for hydroxylation is 1. The molecule has 0 atom stereocenters. The summed E-state index contributed by atoms with van der Waals surface area (Å²) in [6.45, 7) is 1.80. The molecule has 0 aliphatic carbocycles. The maximum Gasteiger partial charge on any atom is 0.257 e. The molecule has 2 N–H and O–H groups in total. The van der Waals surface area contributed by atoms with Crippen molar-refractivity contribution in [1.29, 1.82) is 0 Å². The van der Waals surface area contributed by atoms with E-state index in [0.29, 0.717) is 22.5 Å². The second kappa shape index (κ2) is 9.52. The Hall–Kier alpha value is -3.93. The Morgan fingerprint density at radius 3 is 2.27 bits per heavy atom. The number of para-hydroxylation sites is 1. The van der Waals surface area contributed by atoms with E-state index in [1.54, 1.807) is 61.6 Å². The van der Waals surface area contributed by atoms with E-state index < -0.39 is 5.91 Å². The summed E-state index contributed by atoms with van der Waals surface area (Å²) in [7, 11) is 1.56. The van der Waals surface area contributed by atoms with Crippen LogP contribution in [0.1, 0.15) is 26.3 Å². The van der Waals surface area contributed by atoms with E-state index >= 15 is 0 Å². The van der Waals surface area contributed by atoms with Crippen molar-refractivity contribution in [2.24, 2.45) is 0 Å². The Labute approximate surface area is 175 Å². The number of anilines is 2. The molecule has 0 aromatic heterocycles. The van der Waals surface area contributed by atoms with Gasteiger partial charge in [-0.25, -0.2) is 0 Å². The Kier molecular flexibility index (Phi) is 6.60. The van der Waals surface area contributed by atoms with Crippen LogP contribution in [0.4, 0.5) is 11.4 Å². The van der Waals surface area contributed by atoms with Crippen molar-refractivity contribution in [2.45, 2.75) is 6.92 Å². The third kappa shape index (κ3) is 5.32. The molecule has 3 amide bonds. The van der Waals surface area contributed by atoms with Crippen molar-refractivity contribution >= 4 is 29.1 Å². The van der Waals surface area contributed by atoms with Crippen LogP contribution in [0.15, 0.2) is 78.9 Å². The SMILES string of the molecule is Cc1cccc(NC(=O)c2ccccc2NC(=O)CN(C)C(=O)c2ccccc2)c1. The molecule has 0 radical (unpaired) electrons. The molecule has 0 bridgehead atoms. The summed E-state index contributed by atoms with van der Waals surface area (Å²) in [6, 6.07) is 23.0. The van der Waals surface area contributed by atoms with Gasteiger partial charge in [-0.15, -0.1) is 0 Å². The molecule has 0 spiro atoms. The van der Waals surface area contributed by atoms with E-state index in [4.69, 9.17) is 0 Å². The lowest BCUT2D eigenvalue weighted by Crippen LogP contribution is -2.35. The van der Waals surface area contributed by atoms with Crippen molar-refractivity contribution in [3.8, 4) is 0 Å². The van der Waals surface area contributed by atoms with Gasteiger partial charge in [-0.05, 0) is 48.9 Å². The Balaban J connectivity index is 1.67. The molecule has 152 valence electrons. The molecule has 0 aliphatic heterocycles. The van der Waals surface area contributed by atoms with Crippen LogP contribution in [0.5, 0.6) is 0 Å². The molecule has 0 saturated carbocycles. The van der Waals surface area contributed by atoms with Gasteiger partial charge in [0, 0.05) is 18.3 Å². The molecule has 0 heterocycles. The number of rotatable bonds is 6. The zero-order valence-corrected chi connectivity index (χ0v) is 16.9. The van der Waals surface area contributed by atoms with Crippen LogP contribution in [0.3, 0.4) is 0 Å². The van der Waals surface area contributed by atoms with Crippen LogP contribution >= 0.6 is 0 Å². The largest absolute Gasteiger partial charge is 0.332 e. The number of carbonyl (C=O) groups is 3. The van der Waals surface area contributed by atoms with Crippen LogP contribution < -0.4 is 10.6 Å². The van der Waals surface area contributed by atoms with Crippen molar-refractivity contribution in [2.75, 3.05) is 24.2 Å². The van der Waals surface area contributed by atoms with Crippen molar-refractivity contribution in [3.05, 3.63) is 95.6 Å². The molecule has 0 fully saturated rings. The minimum atomic E-state index is -0.391. The maximum absolute atomic E-state index is 12.7. The first kappa shape index (κ1) is 20.8. The lowest BCUT2D eigenvalue weighted by Gasteiger charge is -2.18. The lowest BCUT2D eigenvalue weighted by atomic mass is 10.1. The maximum atomic E-state index is 12.7. The van der Waals surface area contributed by atoms with Crippen LogP contribution in [0.25, 0.3) is 0 Å². The fourth-order valence-corrected chi connectivity index (χ4v) is 2.99. The van der Waals surface area contributed by atoms with E-state index in [1.165, 1.54) is 4.90 Å². The van der Waals surface area contributed by atoms with Gasteiger partial charge in [0.15, 0.2) is 0 Å². The summed E-state index contributed by atoms with van der Waals surface area (Å²) in [4.78, 5) is 39.0. The predicted molar refractivity (Wildman–Crippen MR) is 118 cm³/mol. The molecule has 3 aromatic rings. The highest BCUT2D eigenvalue weighted by atomic mass is 16.2. The highest BCUT2D eigenvalue weighted by Crippen LogP contribution is 2.18.